The van der Waals surface area contributed by atoms with Crippen LogP contribution in [0.15, 0.2) is 73.2 Å². The van der Waals surface area contributed by atoms with Crippen molar-refractivity contribution in [3.63, 3.8) is 0 Å². The Kier molecular flexibility index (Phi) is 7.52. The van der Waals surface area contributed by atoms with E-state index >= 15 is 4.39 Å². The zero-order valence-corrected chi connectivity index (χ0v) is 22.8. The Balaban J connectivity index is 1.53. The minimum atomic E-state index is -0.282. The van der Waals surface area contributed by atoms with Crippen molar-refractivity contribution in [2.45, 2.75) is 40.3 Å². The van der Waals surface area contributed by atoms with E-state index < -0.39 is 0 Å². The summed E-state index contributed by atoms with van der Waals surface area (Å²) in [5.74, 6) is 0.910. The predicted molar refractivity (Wildman–Crippen MR) is 156 cm³/mol. The average Bonchev–Trinajstić information content (AvgIpc) is 2.93. The molecule has 5 rings (SSSR count). The number of aromatic nitrogens is 3. The molecule has 5 aromatic rings. The van der Waals surface area contributed by atoms with Gasteiger partial charge in [-0.2, -0.15) is 0 Å². The molecule has 0 saturated carbocycles. The number of pyridine rings is 1. The molecule has 0 radical (unpaired) electrons. The monoisotopic (exact) mass is 521 g/mol. The van der Waals surface area contributed by atoms with Crippen molar-refractivity contribution >= 4 is 22.5 Å². The van der Waals surface area contributed by atoms with Crippen molar-refractivity contribution < 1.29 is 9.13 Å². The highest BCUT2D eigenvalue weighted by Crippen LogP contribution is 2.38. The van der Waals surface area contributed by atoms with Gasteiger partial charge in [-0.1, -0.05) is 44.2 Å². The highest BCUT2D eigenvalue weighted by molar-refractivity contribution is 5.89. The lowest BCUT2D eigenvalue weighted by molar-refractivity contribution is 0.400. The third-order valence-electron chi connectivity index (χ3n) is 6.97. The molecule has 0 amide bonds. The van der Waals surface area contributed by atoms with Crippen LogP contribution in [0.25, 0.3) is 33.3 Å². The van der Waals surface area contributed by atoms with E-state index in [0.29, 0.717) is 29.2 Å². The lowest BCUT2D eigenvalue weighted by Crippen LogP contribution is -2.22. The summed E-state index contributed by atoms with van der Waals surface area (Å²) in [6.45, 7) is 8.63. The highest BCUT2D eigenvalue weighted by atomic mass is 19.1. The fraction of sp³-hybridized carbons (Fsp3) is 0.219. The SMILES string of the molecule is COc1cc(-c2cccc(-c3cccc(Nc4nccc5nccnc45)c3C)c2C)cc(F)c1CNC(C)C. The topological polar surface area (TPSA) is 72.0 Å². The molecule has 0 aliphatic rings. The van der Waals surface area contributed by atoms with Crippen LogP contribution in [-0.2, 0) is 6.54 Å². The molecule has 0 fully saturated rings. The highest BCUT2D eigenvalue weighted by Gasteiger charge is 2.17. The van der Waals surface area contributed by atoms with E-state index in [-0.39, 0.29) is 11.9 Å². The largest absolute Gasteiger partial charge is 0.496 e. The average molecular weight is 522 g/mol. The zero-order valence-electron chi connectivity index (χ0n) is 22.8. The van der Waals surface area contributed by atoms with Gasteiger partial charge in [0.25, 0.3) is 0 Å². The van der Waals surface area contributed by atoms with Gasteiger partial charge in [0, 0.05) is 42.4 Å². The van der Waals surface area contributed by atoms with Gasteiger partial charge >= 0.3 is 0 Å². The van der Waals surface area contributed by atoms with Gasteiger partial charge in [-0.15, -0.1) is 0 Å². The third-order valence-corrected chi connectivity index (χ3v) is 6.97. The van der Waals surface area contributed by atoms with Crippen molar-refractivity contribution in [3.05, 3.63) is 95.7 Å². The summed E-state index contributed by atoms with van der Waals surface area (Å²) >= 11 is 0. The second-order valence-electron chi connectivity index (χ2n) is 9.84. The summed E-state index contributed by atoms with van der Waals surface area (Å²) in [6, 6.07) is 17.9. The standard InChI is InChI=1S/C32H32FN5O/c1-19(2)37-18-26-27(33)16-22(17-30(26)39-5)23-8-6-9-24(20(23)3)25-10-7-11-28(21(25)4)38-32-31-29(12-13-36-32)34-14-15-35-31/h6-17,19,37H,18H2,1-5H3,(H,36,38). The number of benzene rings is 3. The number of ether oxygens (including phenoxy) is 1. The molecule has 0 saturated heterocycles. The maximum Gasteiger partial charge on any atom is 0.158 e. The third kappa shape index (κ3) is 5.31. The van der Waals surface area contributed by atoms with Crippen LogP contribution in [0.3, 0.4) is 0 Å². The first-order valence-electron chi connectivity index (χ1n) is 13.0. The molecule has 2 aromatic heterocycles. The Bertz CT molecular complexity index is 1640. The molecular formula is C32H32FN5O. The van der Waals surface area contributed by atoms with Gasteiger partial charge in [-0.05, 0) is 71.5 Å². The smallest absolute Gasteiger partial charge is 0.158 e. The Morgan fingerprint density at radius 3 is 2.33 bits per heavy atom. The summed E-state index contributed by atoms with van der Waals surface area (Å²) in [5.41, 5.74) is 8.97. The summed E-state index contributed by atoms with van der Waals surface area (Å²) in [6.07, 6.45) is 5.06. The first-order chi connectivity index (χ1) is 18.9. The van der Waals surface area contributed by atoms with Gasteiger partial charge in [0.1, 0.15) is 17.1 Å². The predicted octanol–water partition coefficient (Wildman–Crippen LogP) is 7.36. The molecule has 0 aliphatic heterocycles. The van der Waals surface area contributed by atoms with Crippen molar-refractivity contribution in [1.29, 1.82) is 0 Å². The summed E-state index contributed by atoms with van der Waals surface area (Å²) in [7, 11) is 1.58. The molecule has 6 nitrogen and oxygen atoms in total. The lowest BCUT2D eigenvalue weighted by atomic mass is 9.90. The molecule has 0 atom stereocenters. The van der Waals surface area contributed by atoms with Gasteiger partial charge in [0.15, 0.2) is 5.82 Å². The number of hydrogen-bond donors (Lipinski definition) is 2. The maximum atomic E-state index is 15.3. The number of anilines is 2. The fourth-order valence-corrected chi connectivity index (χ4v) is 4.85. The molecule has 0 aliphatic carbocycles. The van der Waals surface area contributed by atoms with Crippen LogP contribution in [0.1, 0.15) is 30.5 Å². The summed E-state index contributed by atoms with van der Waals surface area (Å²) in [5, 5.41) is 6.73. The minimum Gasteiger partial charge on any atom is -0.496 e. The Hall–Kier alpha value is -4.36. The second kappa shape index (κ2) is 11.2. The van der Waals surface area contributed by atoms with E-state index in [1.54, 1.807) is 31.8 Å². The lowest BCUT2D eigenvalue weighted by Gasteiger charge is -2.18. The van der Waals surface area contributed by atoms with Crippen LogP contribution in [0.5, 0.6) is 5.75 Å². The molecule has 2 N–H and O–H groups in total. The molecular weight excluding hydrogens is 489 g/mol. The molecule has 0 spiro atoms. The van der Waals surface area contributed by atoms with Crippen LogP contribution in [0, 0.1) is 19.7 Å². The van der Waals surface area contributed by atoms with Crippen LogP contribution in [0.4, 0.5) is 15.9 Å². The molecule has 3 aromatic carbocycles. The second-order valence-corrected chi connectivity index (χ2v) is 9.84. The van der Waals surface area contributed by atoms with E-state index in [9.17, 15) is 0 Å². The number of nitrogens with zero attached hydrogens (tertiary/aromatic N) is 3. The van der Waals surface area contributed by atoms with E-state index in [1.807, 2.05) is 50.2 Å². The van der Waals surface area contributed by atoms with Gasteiger partial charge < -0.3 is 15.4 Å². The van der Waals surface area contributed by atoms with Crippen molar-refractivity contribution in [2.75, 3.05) is 12.4 Å². The van der Waals surface area contributed by atoms with Gasteiger partial charge in [0.2, 0.25) is 0 Å². The van der Waals surface area contributed by atoms with Gasteiger partial charge in [-0.3, -0.25) is 4.98 Å². The van der Waals surface area contributed by atoms with Crippen molar-refractivity contribution in [3.8, 4) is 28.0 Å². The number of nitrogens with one attached hydrogen (secondary N) is 2. The quantitative estimate of drug-likeness (QED) is 0.222. The fourth-order valence-electron chi connectivity index (χ4n) is 4.85. The normalized spacial score (nSPS) is 11.3. The number of rotatable bonds is 8. The van der Waals surface area contributed by atoms with Crippen LogP contribution >= 0.6 is 0 Å². The summed E-state index contributed by atoms with van der Waals surface area (Å²) < 4.78 is 20.9. The van der Waals surface area contributed by atoms with Crippen LogP contribution in [-0.4, -0.2) is 28.1 Å². The van der Waals surface area contributed by atoms with Crippen LogP contribution < -0.4 is 15.4 Å². The van der Waals surface area contributed by atoms with Crippen molar-refractivity contribution in [1.82, 2.24) is 20.3 Å². The molecule has 39 heavy (non-hydrogen) atoms. The molecule has 2 heterocycles. The first-order valence-corrected chi connectivity index (χ1v) is 13.0. The number of hydrogen-bond acceptors (Lipinski definition) is 6. The van der Waals surface area contributed by atoms with E-state index in [2.05, 4.69) is 51.6 Å². The van der Waals surface area contributed by atoms with E-state index in [0.717, 1.165) is 44.6 Å². The number of methoxy groups -OCH3 is 1. The maximum absolute atomic E-state index is 15.3. The zero-order chi connectivity index (χ0) is 27.5. The van der Waals surface area contributed by atoms with E-state index in [4.69, 9.17) is 4.74 Å². The minimum absolute atomic E-state index is 0.241. The van der Waals surface area contributed by atoms with Crippen molar-refractivity contribution in [2.24, 2.45) is 0 Å². The van der Waals surface area contributed by atoms with Gasteiger partial charge in [-0.25, -0.2) is 14.4 Å². The van der Waals surface area contributed by atoms with E-state index in [1.165, 1.54) is 0 Å². The molecule has 7 heteroatoms. The van der Waals surface area contributed by atoms with Gasteiger partial charge in [0.05, 0.1) is 12.6 Å². The summed E-state index contributed by atoms with van der Waals surface area (Å²) in [4.78, 5) is 13.3. The Labute approximate surface area is 228 Å². The number of fused-ring (bicyclic) bond motifs is 1. The first kappa shape index (κ1) is 26.3. The molecule has 198 valence electrons. The molecule has 0 bridgehead atoms. The van der Waals surface area contributed by atoms with Crippen LogP contribution in [0.2, 0.25) is 0 Å². The Morgan fingerprint density at radius 1 is 0.846 bits per heavy atom. The number of halogens is 1. The Morgan fingerprint density at radius 2 is 1.56 bits per heavy atom. The molecule has 0 unspecified atom stereocenters.